The van der Waals surface area contributed by atoms with Crippen molar-refractivity contribution in [2.24, 2.45) is 0 Å². The van der Waals surface area contributed by atoms with E-state index in [1.807, 2.05) is 66.7 Å². The first-order chi connectivity index (χ1) is 18.3. The van der Waals surface area contributed by atoms with Gasteiger partial charge in [0.1, 0.15) is 5.75 Å². The molecule has 0 aromatic heterocycles. The van der Waals surface area contributed by atoms with Crippen LogP contribution in [0.3, 0.4) is 0 Å². The maximum absolute atomic E-state index is 13.6. The summed E-state index contributed by atoms with van der Waals surface area (Å²) in [6, 6.07) is 34.1. The van der Waals surface area contributed by atoms with Crippen LogP contribution in [0.5, 0.6) is 5.75 Å². The molecule has 0 radical (unpaired) electrons. The van der Waals surface area contributed by atoms with Crippen LogP contribution in [0.15, 0.2) is 109 Å². The van der Waals surface area contributed by atoms with E-state index in [1.54, 1.807) is 6.07 Å². The zero-order chi connectivity index (χ0) is 27.0. The van der Waals surface area contributed by atoms with Gasteiger partial charge in [-0.15, -0.1) is 0 Å². The van der Waals surface area contributed by atoms with Gasteiger partial charge in [0.25, 0.3) is 0 Å². The predicted octanol–water partition coefficient (Wildman–Crippen LogP) is 8.85. The van der Waals surface area contributed by atoms with Crippen LogP contribution in [0.4, 0.5) is 13.2 Å². The molecule has 0 heterocycles. The van der Waals surface area contributed by atoms with E-state index in [9.17, 15) is 13.2 Å². The normalized spacial score (nSPS) is 12.6. The van der Waals surface area contributed by atoms with Gasteiger partial charge < -0.3 is 4.74 Å². The lowest BCUT2D eigenvalue weighted by Gasteiger charge is -2.34. The number of para-hydroxylation sites is 1. The minimum atomic E-state index is -4.51. The van der Waals surface area contributed by atoms with Crippen molar-refractivity contribution in [2.45, 2.75) is 38.0 Å². The predicted molar refractivity (Wildman–Crippen MR) is 148 cm³/mol. The molecule has 0 aliphatic rings. The first-order valence-corrected chi connectivity index (χ1v) is 13.1. The number of nitrogens with zero attached hydrogens (tertiary/aromatic N) is 1. The number of hydrogen-bond donors (Lipinski definition) is 0. The molecular weight excluding hydrogens is 507 g/mol. The maximum Gasteiger partial charge on any atom is 0.417 e. The van der Waals surface area contributed by atoms with Gasteiger partial charge in [0, 0.05) is 25.0 Å². The van der Waals surface area contributed by atoms with E-state index in [0.29, 0.717) is 25.1 Å². The molecule has 198 valence electrons. The standard InChI is InChI=1S/C32H31ClF3NO/c1-24(20-21-38-28-17-9-4-10-18-28)37(22-27-16-11-19-30(31(27)33)32(34,35)36)23-29(25-12-5-2-6-13-25)26-14-7-3-8-15-26/h2-19,24,29H,20-23H2,1H3/t24-/m1/s1. The minimum Gasteiger partial charge on any atom is -0.494 e. The van der Waals surface area contributed by atoms with Gasteiger partial charge in [0.05, 0.1) is 17.2 Å². The summed E-state index contributed by atoms with van der Waals surface area (Å²) in [5.74, 6) is 0.818. The molecule has 2 nitrogen and oxygen atoms in total. The highest BCUT2D eigenvalue weighted by molar-refractivity contribution is 6.32. The Bertz CT molecular complexity index is 1230. The molecule has 0 bridgehead atoms. The van der Waals surface area contributed by atoms with Crippen LogP contribution < -0.4 is 4.74 Å². The van der Waals surface area contributed by atoms with Gasteiger partial charge in [0.2, 0.25) is 0 Å². The van der Waals surface area contributed by atoms with Crippen LogP contribution in [-0.2, 0) is 12.7 Å². The first kappa shape index (κ1) is 27.7. The average molecular weight is 538 g/mol. The number of halogens is 4. The molecule has 4 rings (SSSR count). The van der Waals surface area contributed by atoms with Crippen molar-refractivity contribution in [3.05, 3.63) is 136 Å². The average Bonchev–Trinajstić information content (AvgIpc) is 2.92. The summed E-state index contributed by atoms with van der Waals surface area (Å²) in [5.41, 5.74) is 1.94. The van der Waals surface area contributed by atoms with Crippen LogP contribution in [0.1, 0.15) is 41.5 Å². The maximum atomic E-state index is 13.6. The SMILES string of the molecule is C[C@H](CCOc1ccccc1)N(Cc1cccc(C(F)(F)F)c1Cl)CC(c1ccccc1)c1ccccc1. The number of alkyl halides is 3. The number of hydrogen-bond acceptors (Lipinski definition) is 2. The molecule has 0 N–H and O–H groups in total. The molecular formula is C32H31ClF3NO. The van der Waals surface area contributed by atoms with E-state index < -0.39 is 11.7 Å². The molecule has 38 heavy (non-hydrogen) atoms. The summed E-state index contributed by atoms with van der Waals surface area (Å²) in [7, 11) is 0. The number of rotatable bonds is 11. The Hall–Kier alpha value is -3.28. The second-order valence-electron chi connectivity index (χ2n) is 9.38. The van der Waals surface area contributed by atoms with Crippen molar-refractivity contribution in [3.8, 4) is 5.75 Å². The van der Waals surface area contributed by atoms with Crippen molar-refractivity contribution in [3.63, 3.8) is 0 Å². The Balaban J connectivity index is 1.62. The van der Waals surface area contributed by atoms with Gasteiger partial charge in [-0.05, 0) is 48.2 Å². The number of ether oxygens (including phenoxy) is 1. The van der Waals surface area contributed by atoms with E-state index in [-0.39, 0.29) is 23.5 Å². The Morgan fingerprint density at radius 1 is 0.763 bits per heavy atom. The summed E-state index contributed by atoms with van der Waals surface area (Å²) in [6.07, 6.45) is -3.81. The summed E-state index contributed by atoms with van der Waals surface area (Å²) in [4.78, 5) is 2.21. The highest BCUT2D eigenvalue weighted by Crippen LogP contribution is 2.37. The topological polar surface area (TPSA) is 12.5 Å². The van der Waals surface area contributed by atoms with E-state index >= 15 is 0 Å². The molecule has 0 aliphatic carbocycles. The third kappa shape index (κ3) is 7.40. The Morgan fingerprint density at radius 3 is 1.87 bits per heavy atom. The lowest BCUT2D eigenvalue weighted by molar-refractivity contribution is -0.137. The van der Waals surface area contributed by atoms with Gasteiger partial charge in [-0.25, -0.2) is 0 Å². The van der Waals surface area contributed by atoms with Gasteiger partial charge in [-0.2, -0.15) is 13.2 Å². The Kier molecular flexibility index (Phi) is 9.48. The first-order valence-electron chi connectivity index (χ1n) is 12.7. The summed E-state index contributed by atoms with van der Waals surface area (Å²) in [5, 5.41) is -0.242. The molecule has 0 fully saturated rings. The zero-order valence-electron chi connectivity index (χ0n) is 21.2. The molecule has 0 unspecified atom stereocenters. The lowest BCUT2D eigenvalue weighted by Crippen LogP contribution is -2.37. The van der Waals surface area contributed by atoms with Crippen LogP contribution in [0.2, 0.25) is 5.02 Å². The molecule has 0 saturated heterocycles. The Labute approximate surface area is 227 Å². The molecule has 4 aromatic rings. The van der Waals surface area contributed by atoms with Crippen molar-refractivity contribution in [1.29, 1.82) is 0 Å². The molecule has 0 aliphatic heterocycles. The third-order valence-electron chi connectivity index (χ3n) is 6.75. The third-order valence-corrected chi connectivity index (χ3v) is 7.20. The van der Waals surface area contributed by atoms with Crippen LogP contribution in [-0.4, -0.2) is 24.1 Å². The summed E-state index contributed by atoms with van der Waals surface area (Å²) in [6.45, 7) is 3.46. The fourth-order valence-electron chi connectivity index (χ4n) is 4.60. The molecule has 6 heteroatoms. The van der Waals surface area contributed by atoms with Crippen molar-refractivity contribution >= 4 is 11.6 Å². The fraction of sp³-hybridized carbons (Fsp3) is 0.250. The zero-order valence-corrected chi connectivity index (χ0v) is 22.0. The monoisotopic (exact) mass is 537 g/mol. The van der Waals surface area contributed by atoms with Gasteiger partial charge >= 0.3 is 6.18 Å². The highest BCUT2D eigenvalue weighted by Gasteiger charge is 2.34. The molecule has 4 aromatic carbocycles. The van der Waals surface area contributed by atoms with E-state index in [1.165, 1.54) is 6.07 Å². The minimum absolute atomic E-state index is 0.0132. The van der Waals surface area contributed by atoms with E-state index in [4.69, 9.17) is 16.3 Å². The van der Waals surface area contributed by atoms with Crippen LogP contribution in [0.25, 0.3) is 0 Å². The largest absolute Gasteiger partial charge is 0.494 e. The fourth-order valence-corrected chi connectivity index (χ4v) is 4.89. The van der Waals surface area contributed by atoms with Crippen molar-refractivity contribution < 1.29 is 17.9 Å². The number of benzene rings is 4. The van der Waals surface area contributed by atoms with Gasteiger partial charge in [-0.3, -0.25) is 4.90 Å². The molecule has 1 atom stereocenters. The quantitative estimate of drug-likeness (QED) is 0.189. The lowest BCUT2D eigenvalue weighted by atomic mass is 9.90. The summed E-state index contributed by atoms with van der Waals surface area (Å²) >= 11 is 6.33. The van der Waals surface area contributed by atoms with Crippen molar-refractivity contribution in [2.75, 3.05) is 13.2 Å². The van der Waals surface area contributed by atoms with Gasteiger partial charge in [0.15, 0.2) is 0 Å². The summed E-state index contributed by atoms with van der Waals surface area (Å²) < 4.78 is 46.7. The molecule has 0 spiro atoms. The van der Waals surface area contributed by atoms with Crippen LogP contribution in [0, 0.1) is 0 Å². The molecule has 0 amide bonds. The van der Waals surface area contributed by atoms with E-state index in [0.717, 1.165) is 22.9 Å². The second-order valence-corrected chi connectivity index (χ2v) is 9.76. The Morgan fingerprint density at radius 2 is 1.32 bits per heavy atom. The second kappa shape index (κ2) is 13.0. The highest BCUT2D eigenvalue weighted by atomic mass is 35.5. The smallest absolute Gasteiger partial charge is 0.417 e. The van der Waals surface area contributed by atoms with Crippen LogP contribution >= 0.6 is 11.6 Å². The van der Waals surface area contributed by atoms with E-state index in [2.05, 4.69) is 36.1 Å². The molecule has 0 saturated carbocycles. The van der Waals surface area contributed by atoms with Gasteiger partial charge in [-0.1, -0.05) is 103 Å². The van der Waals surface area contributed by atoms with Crippen molar-refractivity contribution in [1.82, 2.24) is 4.90 Å².